The van der Waals surface area contributed by atoms with Gasteiger partial charge in [0.15, 0.2) is 0 Å². The number of alkyl halides is 3. The molecule has 0 saturated heterocycles. The molecule has 0 radical (unpaired) electrons. The van der Waals surface area contributed by atoms with Crippen molar-refractivity contribution in [2.75, 3.05) is 6.61 Å². The molecule has 24 heavy (non-hydrogen) atoms. The molecule has 2 aromatic heterocycles. The van der Waals surface area contributed by atoms with Crippen molar-refractivity contribution >= 4 is 0 Å². The fourth-order valence-corrected chi connectivity index (χ4v) is 2.66. The van der Waals surface area contributed by atoms with E-state index >= 15 is 0 Å². The number of aliphatic hydroxyl groups is 1. The smallest absolute Gasteiger partial charge is 0.396 e. The molecule has 0 aromatic carbocycles. The van der Waals surface area contributed by atoms with Crippen LogP contribution in [0.4, 0.5) is 17.6 Å². The molecule has 3 rings (SSSR count). The number of aliphatic hydroxyl groups excluding tert-OH is 1. The summed E-state index contributed by atoms with van der Waals surface area (Å²) in [5.74, 6) is -0.219. The molecule has 1 unspecified atom stereocenters. The van der Waals surface area contributed by atoms with Gasteiger partial charge in [0, 0.05) is 18.4 Å². The Morgan fingerprint density at radius 3 is 2.71 bits per heavy atom. The summed E-state index contributed by atoms with van der Waals surface area (Å²) in [7, 11) is 0. The van der Waals surface area contributed by atoms with Crippen LogP contribution in [-0.2, 0) is 19.1 Å². The van der Waals surface area contributed by atoms with E-state index in [-0.39, 0.29) is 24.6 Å². The number of hydrogen-bond acceptors (Lipinski definition) is 4. The lowest BCUT2D eigenvalue weighted by atomic mass is 9.99. The highest BCUT2D eigenvalue weighted by molar-refractivity contribution is 5.20. The largest absolute Gasteiger partial charge is 0.433 e. The van der Waals surface area contributed by atoms with Gasteiger partial charge < -0.3 is 5.11 Å². The Balaban J connectivity index is 1.72. The van der Waals surface area contributed by atoms with Crippen molar-refractivity contribution in [1.82, 2.24) is 20.0 Å². The van der Waals surface area contributed by atoms with Crippen LogP contribution < -0.4 is 0 Å². The van der Waals surface area contributed by atoms with E-state index in [9.17, 15) is 22.7 Å². The summed E-state index contributed by atoms with van der Waals surface area (Å²) >= 11 is 0. The standard InChI is InChI=1S/C15H16F4N4O/c16-13-5-20-14(15(17,18)19)4-10(13)6-23-7-12(21-22-23)3-11(8-24)9-1-2-9/h4-5,7,9,11,24H,1-3,6,8H2. The van der Waals surface area contributed by atoms with E-state index in [4.69, 9.17) is 0 Å². The normalized spacial score (nSPS) is 16.4. The van der Waals surface area contributed by atoms with Crippen LogP contribution in [0.15, 0.2) is 18.5 Å². The molecule has 2 aromatic rings. The van der Waals surface area contributed by atoms with Crippen molar-refractivity contribution in [3.8, 4) is 0 Å². The van der Waals surface area contributed by atoms with Crippen molar-refractivity contribution < 1.29 is 22.7 Å². The summed E-state index contributed by atoms with van der Waals surface area (Å²) in [6.45, 7) is -0.108. The molecule has 1 N–H and O–H groups in total. The van der Waals surface area contributed by atoms with Crippen LogP contribution in [0, 0.1) is 17.7 Å². The molecule has 2 heterocycles. The molecule has 5 nitrogen and oxygen atoms in total. The van der Waals surface area contributed by atoms with Gasteiger partial charge in [-0.05, 0) is 37.2 Å². The minimum atomic E-state index is -4.63. The molecular weight excluding hydrogens is 328 g/mol. The van der Waals surface area contributed by atoms with Crippen LogP contribution in [0.25, 0.3) is 0 Å². The maximum atomic E-state index is 13.7. The van der Waals surface area contributed by atoms with E-state index in [1.165, 1.54) is 4.68 Å². The molecule has 1 aliphatic carbocycles. The van der Waals surface area contributed by atoms with Gasteiger partial charge in [-0.1, -0.05) is 5.21 Å². The second kappa shape index (κ2) is 6.46. The van der Waals surface area contributed by atoms with E-state index in [1.807, 2.05) is 0 Å². The first kappa shape index (κ1) is 16.8. The van der Waals surface area contributed by atoms with Crippen LogP contribution in [0.5, 0.6) is 0 Å². The van der Waals surface area contributed by atoms with E-state index in [0.29, 0.717) is 30.3 Å². The number of rotatable bonds is 6. The highest BCUT2D eigenvalue weighted by Gasteiger charge is 2.33. The SMILES string of the molecule is OCC(Cc1cn(Cc2cc(C(F)(F)F)ncc2F)nn1)C1CC1. The number of halogens is 4. The summed E-state index contributed by atoms with van der Waals surface area (Å²) in [5, 5.41) is 17.1. The molecule has 9 heteroatoms. The maximum absolute atomic E-state index is 13.7. The molecule has 0 amide bonds. The summed E-state index contributed by atoms with van der Waals surface area (Å²) in [4.78, 5) is 3.06. The second-order valence-electron chi connectivity index (χ2n) is 6.05. The lowest BCUT2D eigenvalue weighted by Crippen LogP contribution is -2.12. The molecule has 1 aliphatic rings. The molecule has 0 bridgehead atoms. The van der Waals surface area contributed by atoms with Gasteiger partial charge in [0.1, 0.15) is 11.5 Å². The van der Waals surface area contributed by atoms with Gasteiger partial charge in [-0.25, -0.2) is 14.1 Å². The van der Waals surface area contributed by atoms with Crippen molar-refractivity contribution in [1.29, 1.82) is 0 Å². The Morgan fingerprint density at radius 1 is 1.33 bits per heavy atom. The number of aromatic nitrogens is 4. The first-order chi connectivity index (χ1) is 11.4. The first-order valence-electron chi connectivity index (χ1n) is 7.58. The van der Waals surface area contributed by atoms with Gasteiger partial charge >= 0.3 is 6.18 Å². The van der Waals surface area contributed by atoms with E-state index < -0.39 is 17.7 Å². The second-order valence-corrected chi connectivity index (χ2v) is 6.05. The monoisotopic (exact) mass is 344 g/mol. The minimum absolute atomic E-state index is 0.0610. The third-order valence-corrected chi connectivity index (χ3v) is 4.14. The predicted molar refractivity (Wildman–Crippen MR) is 75.3 cm³/mol. The molecule has 1 atom stereocenters. The van der Waals surface area contributed by atoms with Crippen LogP contribution in [0.1, 0.15) is 29.8 Å². The van der Waals surface area contributed by atoms with Crippen molar-refractivity contribution in [2.24, 2.45) is 11.8 Å². The zero-order valence-electron chi connectivity index (χ0n) is 12.7. The maximum Gasteiger partial charge on any atom is 0.433 e. The van der Waals surface area contributed by atoms with Gasteiger partial charge in [0.2, 0.25) is 0 Å². The molecular formula is C15H16F4N4O. The van der Waals surface area contributed by atoms with Crippen LogP contribution in [0.3, 0.4) is 0 Å². The Kier molecular flexibility index (Phi) is 4.53. The fraction of sp³-hybridized carbons (Fsp3) is 0.533. The summed E-state index contributed by atoms with van der Waals surface area (Å²) in [5.41, 5.74) is -0.672. The lowest BCUT2D eigenvalue weighted by Gasteiger charge is -2.10. The average Bonchev–Trinajstić information content (AvgIpc) is 3.27. The van der Waals surface area contributed by atoms with E-state index in [0.717, 1.165) is 12.8 Å². The molecule has 0 spiro atoms. The minimum Gasteiger partial charge on any atom is -0.396 e. The number of hydrogen-bond donors (Lipinski definition) is 1. The van der Waals surface area contributed by atoms with Crippen LogP contribution in [-0.4, -0.2) is 31.7 Å². The van der Waals surface area contributed by atoms with E-state index in [2.05, 4.69) is 15.3 Å². The van der Waals surface area contributed by atoms with Gasteiger partial charge in [0.25, 0.3) is 0 Å². The lowest BCUT2D eigenvalue weighted by molar-refractivity contribution is -0.141. The highest BCUT2D eigenvalue weighted by Crippen LogP contribution is 2.38. The summed E-state index contributed by atoms with van der Waals surface area (Å²) < 4.78 is 53.0. The predicted octanol–water partition coefficient (Wildman–Crippen LogP) is 2.44. The third-order valence-electron chi connectivity index (χ3n) is 4.14. The Bertz CT molecular complexity index is 712. The van der Waals surface area contributed by atoms with Gasteiger partial charge in [-0.2, -0.15) is 13.2 Å². The summed E-state index contributed by atoms with van der Waals surface area (Å²) in [6.07, 6.45) is 0.217. The third kappa shape index (κ3) is 3.89. The Labute approximate surface area is 135 Å². The first-order valence-corrected chi connectivity index (χ1v) is 7.58. The summed E-state index contributed by atoms with van der Waals surface area (Å²) in [6, 6.07) is 0.678. The quantitative estimate of drug-likeness (QED) is 0.818. The van der Waals surface area contributed by atoms with Crippen LogP contribution >= 0.6 is 0 Å². The van der Waals surface area contributed by atoms with Gasteiger partial charge in [0.05, 0.1) is 18.4 Å². The zero-order valence-corrected chi connectivity index (χ0v) is 12.7. The fourth-order valence-electron chi connectivity index (χ4n) is 2.66. The number of nitrogens with zero attached hydrogens (tertiary/aromatic N) is 4. The molecule has 1 saturated carbocycles. The van der Waals surface area contributed by atoms with Crippen LogP contribution in [0.2, 0.25) is 0 Å². The number of pyridine rings is 1. The Hall–Kier alpha value is -2.03. The van der Waals surface area contributed by atoms with Gasteiger partial charge in [-0.3, -0.25) is 0 Å². The van der Waals surface area contributed by atoms with Crippen molar-refractivity contribution in [2.45, 2.75) is 32.0 Å². The van der Waals surface area contributed by atoms with E-state index in [1.54, 1.807) is 6.20 Å². The molecule has 130 valence electrons. The molecule has 0 aliphatic heterocycles. The van der Waals surface area contributed by atoms with Crippen molar-refractivity contribution in [3.63, 3.8) is 0 Å². The van der Waals surface area contributed by atoms with Gasteiger partial charge in [-0.15, -0.1) is 5.10 Å². The topological polar surface area (TPSA) is 63.8 Å². The van der Waals surface area contributed by atoms with Crippen molar-refractivity contribution in [3.05, 3.63) is 41.2 Å². The average molecular weight is 344 g/mol. The molecule has 1 fully saturated rings. The zero-order chi connectivity index (χ0) is 17.3. The Morgan fingerprint density at radius 2 is 2.08 bits per heavy atom. The highest BCUT2D eigenvalue weighted by atomic mass is 19.4.